The van der Waals surface area contributed by atoms with Gasteiger partial charge >= 0.3 is 114 Å². The number of halogens is 1. The molecule has 4 aromatic rings. The van der Waals surface area contributed by atoms with Gasteiger partial charge in [0.05, 0.1) is 22.8 Å². The Kier molecular flexibility index (Phi) is 18.7. The number of carboxylic acid groups (broad SMARTS) is 2. The number of benzene rings is 2. The van der Waals surface area contributed by atoms with E-state index in [1.54, 1.807) is 69.6 Å². The molecule has 0 aliphatic heterocycles. The van der Waals surface area contributed by atoms with Gasteiger partial charge in [-0.3, -0.25) is 9.59 Å². The van der Waals surface area contributed by atoms with Gasteiger partial charge in [-0.15, -0.1) is 0 Å². The average molecular weight is 882 g/mol. The fourth-order valence-electron chi connectivity index (χ4n) is 5.55. The zero-order valence-electron chi connectivity index (χ0n) is 30.9. The number of carboxylic acids is 2. The first kappa shape index (κ1) is 44.1. The Hall–Kier alpha value is -4.10. The zero-order chi connectivity index (χ0) is 38.8. The Labute approximate surface area is 318 Å². The molecule has 2 aromatic carbocycles. The van der Waals surface area contributed by atoms with Gasteiger partial charge < -0.3 is 10.2 Å². The summed E-state index contributed by atoms with van der Waals surface area (Å²) in [5.74, 6) is -2.52. The first-order chi connectivity index (χ1) is 24.8. The summed E-state index contributed by atoms with van der Waals surface area (Å²) in [7, 11) is 0. The third-order valence-electron chi connectivity index (χ3n) is 8.45. The van der Waals surface area contributed by atoms with Gasteiger partial charge in [0.2, 0.25) is 0 Å². The van der Waals surface area contributed by atoms with Crippen molar-refractivity contribution >= 4 is 52.3 Å². The van der Waals surface area contributed by atoms with Crippen molar-refractivity contribution in [1.82, 2.24) is 19.6 Å². The number of carbonyl (C=O) groups is 2. The Bertz CT molecular complexity index is 1930. The summed E-state index contributed by atoms with van der Waals surface area (Å²) in [5.41, 5.74) is 0.885. The van der Waals surface area contributed by atoms with Gasteiger partial charge in [0.15, 0.2) is 0 Å². The van der Waals surface area contributed by atoms with Crippen LogP contribution < -0.4 is 11.1 Å². The molecule has 0 aliphatic rings. The summed E-state index contributed by atoms with van der Waals surface area (Å²) in [6.07, 6.45) is 10.1. The van der Waals surface area contributed by atoms with Crippen LogP contribution in [0, 0.1) is 13.8 Å². The van der Waals surface area contributed by atoms with Gasteiger partial charge in [0.1, 0.15) is 11.1 Å². The van der Waals surface area contributed by atoms with Crippen molar-refractivity contribution in [2.75, 3.05) is 0 Å². The monoisotopic (exact) mass is 882 g/mol. The number of hydrogen-bond donors (Lipinski definition) is 2. The molecule has 0 spiro atoms. The Balaban J connectivity index is 0.000000273. The van der Waals surface area contributed by atoms with Crippen LogP contribution in [0.4, 0.5) is 0 Å². The largest absolute Gasteiger partial charge is 0.477 e. The van der Waals surface area contributed by atoms with Crippen LogP contribution in [0.1, 0.15) is 97.0 Å². The van der Waals surface area contributed by atoms with E-state index >= 15 is 0 Å². The minimum Gasteiger partial charge on any atom is -0.477 e. The molecule has 0 atom stereocenters. The van der Waals surface area contributed by atoms with E-state index in [0.717, 1.165) is 19.4 Å². The molecule has 10 nitrogen and oxygen atoms in total. The smallest absolute Gasteiger partial charge is 0.341 e. The summed E-state index contributed by atoms with van der Waals surface area (Å²) in [6.45, 7) is 18.1. The maximum Gasteiger partial charge on any atom is 0.341 e. The van der Waals surface area contributed by atoms with Gasteiger partial charge in [-0.2, -0.15) is 19.6 Å². The van der Waals surface area contributed by atoms with Gasteiger partial charge in [-0.05, 0) is 61.9 Å². The molecule has 52 heavy (non-hydrogen) atoms. The number of nitrogens with zero attached hydrogens (tertiary/aromatic N) is 4. The molecule has 2 N–H and O–H groups in total. The number of hydrogen-bond acceptors (Lipinski definition) is 6. The molecular formula is C40H51BrN4O6Sn. The van der Waals surface area contributed by atoms with Crippen LogP contribution in [0.15, 0.2) is 92.0 Å². The van der Waals surface area contributed by atoms with E-state index in [0.29, 0.717) is 22.8 Å². The van der Waals surface area contributed by atoms with E-state index < -0.39 is 41.4 Å². The Morgan fingerprint density at radius 1 is 0.731 bits per heavy atom. The number of aromatic carboxylic acids is 2. The summed E-state index contributed by atoms with van der Waals surface area (Å²) in [4.78, 5) is 46.0. The van der Waals surface area contributed by atoms with Crippen molar-refractivity contribution in [2.45, 2.75) is 86.5 Å². The van der Waals surface area contributed by atoms with E-state index in [9.17, 15) is 19.2 Å². The van der Waals surface area contributed by atoms with Crippen molar-refractivity contribution in [3.05, 3.63) is 131 Å². The molecule has 0 fully saturated rings. The van der Waals surface area contributed by atoms with Crippen LogP contribution >= 0.6 is 15.9 Å². The first-order valence-corrected chi connectivity index (χ1v) is 26.1. The quantitative estimate of drug-likeness (QED) is 0.112. The van der Waals surface area contributed by atoms with E-state index in [4.69, 9.17) is 10.2 Å². The van der Waals surface area contributed by atoms with E-state index in [1.807, 2.05) is 12.1 Å². The molecule has 0 aliphatic carbocycles. The number of unbranched alkanes of at least 4 members (excludes halogenated alkanes) is 3. The van der Waals surface area contributed by atoms with E-state index in [1.165, 1.54) is 50.7 Å². The van der Waals surface area contributed by atoms with Crippen LogP contribution in [0.3, 0.4) is 0 Å². The van der Waals surface area contributed by atoms with Gasteiger partial charge in [0.25, 0.3) is 11.1 Å². The van der Waals surface area contributed by atoms with Crippen LogP contribution in [0.2, 0.25) is 13.3 Å². The number of aryl methyl sites for hydroxylation is 2. The molecule has 2 heterocycles. The molecule has 0 unspecified atom stereocenters. The van der Waals surface area contributed by atoms with Crippen LogP contribution in [0.5, 0.6) is 0 Å². The van der Waals surface area contributed by atoms with Gasteiger partial charge in [-0.1, -0.05) is 46.8 Å². The number of rotatable bonds is 15. The normalized spacial score (nSPS) is 10.7. The van der Waals surface area contributed by atoms with Gasteiger partial charge in [0, 0.05) is 4.47 Å². The summed E-state index contributed by atoms with van der Waals surface area (Å²) < 4.78 is 10.1. The summed E-state index contributed by atoms with van der Waals surface area (Å²) in [5, 5.41) is 26.1. The second-order valence-corrected chi connectivity index (χ2v) is 26.7. The fraction of sp³-hybridized carbons (Fsp3) is 0.350. The predicted molar refractivity (Wildman–Crippen MR) is 216 cm³/mol. The minimum atomic E-state index is -1.85. The topological polar surface area (TPSA) is 144 Å². The van der Waals surface area contributed by atoms with Crippen molar-refractivity contribution in [3.8, 4) is 11.4 Å². The maximum absolute atomic E-state index is 12.1. The van der Waals surface area contributed by atoms with Crippen molar-refractivity contribution < 1.29 is 19.8 Å². The molecule has 0 radical (unpaired) electrons. The molecule has 4 rings (SSSR count). The zero-order valence-corrected chi connectivity index (χ0v) is 35.3. The summed E-state index contributed by atoms with van der Waals surface area (Å²) >= 11 is 1.44. The first-order valence-electron chi connectivity index (χ1n) is 17.6. The molecule has 2 aromatic heterocycles. The van der Waals surface area contributed by atoms with E-state index in [-0.39, 0.29) is 11.1 Å². The summed E-state index contributed by atoms with van der Waals surface area (Å²) in [6, 6.07) is 16.4. The maximum atomic E-state index is 12.1. The third-order valence-corrected chi connectivity index (χ3v) is 23.0. The fourth-order valence-corrected chi connectivity index (χ4v) is 18.9. The molecule has 12 heteroatoms. The predicted octanol–water partition coefficient (Wildman–Crippen LogP) is 9.44. The average Bonchev–Trinajstić information content (AvgIpc) is 3.13. The standard InChI is InChI=1S/C14H12N2O3.C12H9BrN2O3.3C4H9.C2H3.Sn/c1-3-10-5-4-6-11(8-10)16-13(17)12(14(18)19)7-9(2)15-16;1-7-5-10(12(17)18)11(16)15(14-7)9-4-2-3-8(13)6-9;3*1-3-4-2;1-2;/h3-8H,1H2,2H3,(H,18,19);2-6H,1H3,(H,17,18);3*1,3-4H2,2H3;1H,2H2;. The Morgan fingerprint density at radius 3 is 1.52 bits per heavy atom. The van der Waals surface area contributed by atoms with Crippen molar-refractivity contribution in [3.63, 3.8) is 0 Å². The van der Waals surface area contributed by atoms with Crippen LogP contribution in [-0.2, 0) is 0 Å². The van der Waals surface area contributed by atoms with Crippen LogP contribution in [-0.4, -0.2) is 60.1 Å². The third kappa shape index (κ3) is 13.1. The molecule has 0 amide bonds. The second-order valence-electron chi connectivity index (χ2n) is 12.6. The van der Waals surface area contributed by atoms with Crippen LogP contribution in [0.25, 0.3) is 17.5 Å². The second kappa shape index (κ2) is 22.1. The molecular weight excluding hydrogens is 831 g/mol. The van der Waals surface area contributed by atoms with Crippen molar-refractivity contribution in [2.24, 2.45) is 0 Å². The SMILES string of the molecule is C=Cc1cccc(-n2nc(C)cc(C(=O)O)c2=O)c1.C=[CH][Sn]([CH2]CCC)([CH2]CCC)[CH2]CCC.Cc1cc(C(=O)O)c(=O)n(-c2cccc(Br)c2)n1. The molecule has 0 saturated heterocycles. The van der Waals surface area contributed by atoms with E-state index in [2.05, 4.69) is 64.1 Å². The molecule has 278 valence electrons. The number of aromatic nitrogens is 4. The molecule has 0 bridgehead atoms. The van der Waals surface area contributed by atoms with Crippen molar-refractivity contribution in [1.29, 1.82) is 0 Å². The molecule has 0 saturated carbocycles. The Morgan fingerprint density at radius 2 is 1.15 bits per heavy atom. The van der Waals surface area contributed by atoms with Gasteiger partial charge in [-0.25, -0.2) is 9.59 Å². The minimum absolute atomic E-state index is 0.289.